The van der Waals surface area contributed by atoms with E-state index in [0.29, 0.717) is 19.3 Å². The predicted molar refractivity (Wildman–Crippen MR) is 48.4 cm³/mol. The Labute approximate surface area is 82.1 Å². The highest BCUT2D eigenvalue weighted by Crippen LogP contribution is 2.40. The lowest BCUT2D eigenvalue weighted by Gasteiger charge is -2.42. The smallest absolute Gasteiger partial charge is 0.248 e. The summed E-state index contributed by atoms with van der Waals surface area (Å²) in [6.07, 6.45) is 1.71. The number of ketones is 1. The van der Waals surface area contributed by atoms with Crippen LogP contribution in [0.2, 0.25) is 0 Å². The highest BCUT2D eigenvalue weighted by Gasteiger charge is 2.47. The molecule has 1 spiro atoms. The topological polar surface area (TPSA) is 29.1 Å². The van der Waals surface area contributed by atoms with Crippen LogP contribution in [0.5, 0.6) is 0 Å². The van der Waals surface area contributed by atoms with Gasteiger partial charge in [-0.05, 0) is 25.8 Å². The number of carbonyl (C=O) groups excluding carboxylic acids is 1. The van der Waals surface area contributed by atoms with Crippen LogP contribution in [-0.4, -0.2) is 23.8 Å². The second-order valence-corrected chi connectivity index (χ2v) is 4.39. The standard InChI is InChI=1S/C10H15F2NO/c11-10(12)5-3-9(4-6-10)8(14)2-1-7-13-9/h13H,1-7H2. The molecule has 0 atom stereocenters. The first-order valence-electron chi connectivity index (χ1n) is 5.20. The maximum absolute atomic E-state index is 12.9. The molecule has 4 heteroatoms. The summed E-state index contributed by atoms with van der Waals surface area (Å²) in [6, 6.07) is 0. The fraction of sp³-hybridized carbons (Fsp3) is 0.900. The van der Waals surface area contributed by atoms with Crippen molar-refractivity contribution in [1.29, 1.82) is 0 Å². The first kappa shape index (κ1) is 10.0. The van der Waals surface area contributed by atoms with Gasteiger partial charge >= 0.3 is 0 Å². The Bertz CT molecular complexity index is 243. The molecular formula is C10H15F2NO. The lowest BCUT2D eigenvalue weighted by atomic mass is 9.74. The van der Waals surface area contributed by atoms with Crippen LogP contribution in [0.4, 0.5) is 8.78 Å². The molecule has 1 aliphatic carbocycles. The summed E-state index contributed by atoms with van der Waals surface area (Å²) in [5, 5.41) is 3.14. The number of piperidine rings is 1. The maximum atomic E-state index is 12.9. The molecule has 0 unspecified atom stereocenters. The van der Waals surface area contributed by atoms with E-state index in [1.54, 1.807) is 0 Å². The highest BCUT2D eigenvalue weighted by atomic mass is 19.3. The zero-order valence-electron chi connectivity index (χ0n) is 8.11. The van der Waals surface area contributed by atoms with E-state index in [4.69, 9.17) is 0 Å². The highest BCUT2D eigenvalue weighted by molar-refractivity contribution is 5.89. The van der Waals surface area contributed by atoms with Crippen LogP contribution >= 0.6 is 0 Å². The summed E-state index contributed by atoms with van der Waals surface area (Å²) in [6.45, 7) is 0.789. The number of carbonyl (C=O) groups is 1. The molecule has 1 saturated heterocycles. The Morgan fingerprint density at radius 3 is 2.36 bits per heavy atom. The number of Topliss-reactive ketones (excluding diaryl/α,β-unsaturated/α-hetero) is 1. The second-order valence-electron chi connectivity index (χ2n) is 4.39. The van der Waals surface area contributed by atoms with Crippen LogP contribution in [0.15, 0.2) is 0 Å². The molecule has 0 bridgehead atoms. The first-order chi connectivity index (χ1) is 6.54. The largest absolute Gasteiger partial charge is 0.305 e. The lowest BCUT2D eigenvalue weighted by molar-refractivity contribution is -0.133. The van der Waals surface area contributed by atoms with E-state index in [1.165, 1.54) is 0 Å². The molecule has 0 aromatic heterocycles. The van der Waals surface area contributed by atoms with Crippen LogP contribution in [0.25, 0.3) is 0 Å². The minimum Gasteiger partial charge on any atom is -0.305 e. The van der Waals surface area contributed by atoms with Crippen molar-refractivity contribution in [2.45, 2.75) is 50.0 Å². The van der Waals surface area contributed by atoms with Gasteiger partial charge in [0.1, 0.15) is 0 Å². The van der Waals surface area contributed by atoms with Crippen molar-refractivity contribution in [2.24, 2.45) is 0 Å². The fourth-order valence-electron chi connectivity index (χ4n) is 2.41. The molecule has 2 aliphatic rings. The predicted octanol–water partition coefficient (Wildman–Crippen LogP) is 1.89. The van der Waals surface area contributed by atoms with Crippen LogP contribution in [0.1, 0.15) is 38.5 Å². The van der Waals surface area contributed by atoms with Crippen LogP contribution in [0, 0.1) is 0 Å². The summed E-state index contributed by atoms with van der Waals surface area (Å²) in [5.41, 5.74) is -0.597. The average molecular weight is 203 g/mol. The van der Waals surface area contributed by atoms with E-state index in [-0.39, 0.29) is 18.6 Å². The van der Waals surface area contributed by atoms with Crippen molar-refractivity contribution in [3.63, 3.8) is 0 Å². The van der Waals surface area contributed by atoms with Crippen LogP contribution < -0.4 is 5.32 Å². The maximum Gasteiger partial charge on any atom is 0.248 e. The second kappa shape index (κ2) is 3.26. The summed E-state index contributed by atoms with van der Waals surface area (Å²) < 4.78 is 25.9. The van der Waals surface area contributed by atoms with Gasteiger partial charge in [0.2, 0.25) is 5.92 Å². The first-order valence-corrected chi connectivity index (χ1v) is 5.20. The van der Waals surface area contributed by atoms with E-state index in [2.05, 4.69) is 5.32 Å². The third-order valence-electron chi connectivity index (χ3n) is 3.41. The van der Waals surface area contributed by atoms with Crippen molar-refractivity contribution >= 4 is 5.78 Å². The van der Waals surface area contributed by atoms with Gasteiger partial charge in [0.25, 0.3) is 0 Å². The molecule has 0 aromatic rings. The van der Waals surface area contributed by atoms with E-state index in [0.717, 1.165) is 13.0 Å². The minimum atomic E-state index is -2.55. The van der Waals surface area contributed by atoms with Gasteiger partial charge in [-0.3, -0.25) is 4.79 Å². The van der Waals surface area contributed by atoms with Crippen molar-refractivity contribution < 1.29 is 13.6 Å². The normalized spacial score (nSPS) is 30.6. The van der Waals surface area contributed by atoms with Crippen molar-refractivity contribution in [3.8, 4) is 0 Å². The van der Waals surface area contributed by atoms with Gasteiger partial charge in [-0.1, -0.05) is 0 Å². The number of hydrogen-bond acceptors (Lipinski definition) is 2. The molecule has 2 rings (SSSR count). The number of halogens is 2. The molecular weight excluding hydrogens is 188 g/mol. The van der Waals surface area contributed by atoms with Gasteiger partial charge in [0.15, 0.2) is 5.78 Å². The fourth-order valence-corrected chi connectivity index (χ4v) is 2.41. The third-order valence-corrected chi connectivity index (χ3v) is 3.41. The number of alkyl halides is 2. The zero-order valence-corrected chi connectivity index (χ0v) is 8.11. The molecule has 1 N–H and O–H groups in total. The third kappa shape index (κ3) is 1.67. The number of nitrogens with one attached hydrogen (secondary N) is 1. The van der Waals surface area contributed by atoms with Gasteiger partial charge in [0, 0.05) is 19.3 Å². The Morgan fingerprint density at radius 1 is 1.14 bits per heavy atom. The molecule has 14 heavy (non-hydrogen) atoms. The monoisotopic (exact) mass is 203 g/mol. The summed E-state index contributed by atoms with van der Waals surface area (Å²) >= 11 is 0. The molecule has 2 fully saturated rings. The Morgan fingerprint density at radius 2 is 1.79 bits per heavy atom. The summed E-state index contributed by atoms with van der Waals surface area (Å²) in [4.78, 5) is 11.7. The molecule has 80 valence electrons. The van der Waals surface area contributed by atoms with Crippen molar-refractivity contribution in [3.05, 3.63) is 0 Å². The molecule has 1 aliphatic heterocycles. The molecule has 1 saturated carbocycles. The van der Waals surface area contributed by atoms with E-state index in [9.17, 15) is 13.6 Å². The lowest BCUT2D eigenvalue weighted by Crippen LogP contribution is -2.58. The quantitative estimate of drug-likeness (QED) is 0.651. The van der Waals surface area contributed by atoms with Gasteiger partial charge in [-0.2, -0.15) is 0 Å². The molecule has 2 nitrogen and oxygen atoms in total. The van der Waals surface area contributed by atoms with Crippen molar-refractivity contribution in [1.82, 2.24) is 5.32 Å². The molecule has 0 radical (unpaired) electrons. The van der Waals surface area contributed by atoms with Crippen LogP contribution in [-0.2, 0) is 4.79 Å². The van der Waals surface area contributed by atoms with Gasteiger partial charge in [-0.15, -0.1) is 0 Å². The van der Waals surface area contributed by atoms with E-state index >= 15 is 0 Å². The van der Waals surface area contributed by atoms with E-state index in [1.807, 2.05) is 0 Å². The van der Waals surface area contributed by atoms with Gasteiger partial charge in [-0.25, -0.2) is 8.78 Å². The van der Waals surface area contributed by atoms with E-state index < -0.39 is 11.5 Å². The Hall–Kier alpha value is -0.510. The number of rotatable bonds is 0. The molecule has 1 heterocycles. The minimum absolute atomic E-state index is 0.138. The Balaban J connectivity index is 2.07. The molecule has 0 amide bonds. The SMILES string of the molecule is O=C1CCCNC12CCC(F)(F)CC2. The Kier molecular flexibility index (Phi) is 2.33. The summed E-state index contributed by atoms with van der Waals surface area (Å²) in [5.74, 6) is -2.41. The van der Waals surface area contributed by atoms with Crippen molar-refractivity contribution in [2.75, 3.05) is 6.54 Å². The molecule has 0 aromatic carbocycles. The van der Waals surface area contributed by atoms with Gasteiger partial charge in [0.05, 0.1) is 5.54 Å². The number of hydrogen-bond donors (Lipinski definition) is 1. The summed E-state index contributed by atoms with van der Waals surface area (Å²) in [7, 11) is 0. The van der Waals surface area contributed by atoms with Crippen LogP contribution in [0.3, 0.4) is 0 Å². The zero-order chi connectivity index (χ0) is 10.2. The average Bonchev–Trinajstić information content (AvgIpc) is 2.15. The van der Waals surface area contributed by atoms with Gasteiger partial charge < -0.3 is 5.32 Å².